The van der Waals surface area contributed by atoms with E-state index in [4.69, 9.17) is 39.9 Å². The van der Waals surface area contributed by atoms with Crippen LogP contribution >= 0.6 is 0 Å². The first-order valence-corrected chi connectivity index (χ1v) is 12.4. The first-order valence-electron chi connectivity index (χ1n) is 12.4. The number of carbonyl (C=O) groups excluding carboxylic acids is 2. The van der Waals surface area contributed by atoms with Gasteiger partial charge >= 0.3 is 11.9 Å². The summed E-state index contributed by atoms with van der Waals surface area (Å²) in [5, 5.41) is 0. The standard InChI is InChI=1S/C30H36N2O8/c1-29(2,17-11-19(35-5)15-20(12-17)36-6)39-27(33)23-9-10-24(31)26(32)25(23)28(34)40-30(3,4)18-13-21(37-7)16-22(14-18)38-8/h9-16H,31-32H2,1-8H3. The molecule has 0 aliphatic rings. The van der Waals surface area contributed by atoms with Crippen LogP contribution in [0.25, 0.3) is 0 Å². The van der Waals surface area contributed by atoms with Crippen molar-refractivity contribution in [2.45, 2.75) is 38.9 Å². The number of anilines is 2. The Bertz CT molecular complexity index is 1370. The molecule has 0 radical (unpaired) electrons. The predicted molar refractivity (Wildman–Crippen MR) is 151 cm³/mol. The van der Waals surface area contributed by atoms with E-state index in [0.717, 1.165) is 0 Å². The van der Waals surface area contributed by atoms with Gasteiger partial charge in [0.1, 0.15) is 34.2 Å². The monoisotopic (exact) mass is 552 g/mol. The molecule has 40 heavy (non-hydrogen) atoms. The number of esters is 2. The van der Waals surface area contributed by atoms with Crippen molar-refractivity contribution >= 4 is 23.3 Å². The number of nitrogens with two attached hydrogens (primary N) is 2. The van der Waals surface area contributed by atoms with Crippen molar-refractivity contribution in [1.82, 2.24) is 0 Å². The Morgan fingerprint density at radius 2 is 0.975 bits per heavy atom. The summed E-state index contributed by atoms with van der Waals surface area (Å²) in [5.74, 6) is 0.424. The minimum atomic E-state index is -1.17. The van der Waals surface area contributed by atoms with E-state index in [1.807, 2.05) is 0 Å². The lowest BCUT2D eigenvalue weighted by Crippen LogP contribution is -2.30. The molecule has 0 atom stereocenters. The lowest BCUT2D eigenvalue weighted by Gasteiger charge is -2.29. The van der Waals surface area contributed by atoms with Gasteiger partial charge in [-0.05, 0) is 64.1 Å². The van der Waals surface area contributed by atoms with Gasteiger partial charge in [0.15, 0.2) is 0 Å². The highest BCUT2D eigenvalue weighted by Gasteiger charge is 2.34. The van der Waals surface area contributed by atoms with Crippen molar-refractivity contribution in [2.24, 2.45) is 0 Å². The second-order valence-corrected chi connectivity index (χ2v) is 9.99. The largest absolute Gasteiger partial charge is 0.497 e. The number of rotatable bonds is 10. The van der Waals surface area contributed by atoms with Crippen molar-refractivity contribution in [3.63, 3.8) is 0 Å². The number of hydrogen-bond donors (Lipinski definition) is 2. The highest BCUT2D eigenvalue weighted by Crippen LogP contribution is 2.36. The molecule has 3 rings (SSSR count). The number of ether oxygens (including phenoxy) is 6. The lowest BCUT2D eigenvalue weighted by atomic mass is 9.96. The van der Waals surface area contributed by atoms with E-state index < -0.39 is 23.1 Å². The van der Waals surface area contributed by atoms with Crippen LogP contribution in [0.5, 0.6) is 23.0 Å². The Labute approximate surface area is 234 Å². The third-order valence-electron chi connectivity index (χ3n) is 6.49. The molecule has 4 N–H and O–H groups in total. The molecule has 0 fully saturated rings. The molecule has 3 aromatic rings. The summed E-state index contributed by atoms with van der Waals surface area (Å²) in [7, 11) is 6.09. The molecule has 214 valence electrons. The maximum Gasteiger partial charge on any atom is 0.342 e. The quantitative estimate of drug-likeness (QED) is 0.259. The Kier molecular flexibility index (Phi) is 8.72. The lowest BCUT2D eigenvalue weighted by molar-refractivity contribution is -0.00800. The van der Waals surface area contributed by atoms with Gasteiger partial charge in [-0.25, -0.2) is 9.59 Å². The highest BCUT2D eigenvalue weighted by atomic mass is 16.6. The smallest absolute Gasteiger partial charge is 0.342 e. The summed E-state index contributed by atoms with van der Waals surface area (Å²) in [6.45, 7) is 6.80. The fraction of sp³-hybridized carbons (Fsp3) is 0.333. The normalized spacial score (nSPS) is 11.4. The number of methoxy groups -OCH3 is 4. The molecule has 0 saturated carbocycles. The van der Waals surface area contributed by atoms with Gasteiger partial charge in [-0.3, -0.25) is 0 Å². The summed E-state index contributed by atoms with van der Waals surface area (Å²) in [6, 6.07) is 13.1. The zero-order valence-corrected chi connectivity index (χ0v) is 24.0. The number of nitrogen functional groups attached to an aromatic ring is 2. The van der Waals surface area contributed by atoms with E-state index in [0.29, 0.717) is 34.1 Å². The summed E-state index contributed by atoms with van der Waals surface area (Å²) < 4.78 is 33.1. The zero-order chi connectivity index (χ0) is 29.8. The first-order chi connectivity index (χ1) is 18.8. The topological polar surface area (TPSA) is 142 Å². The van der Waals surface area contributed by atoms with Crippen LogP contribution in [-0.2, 0) is 20.7 Å². The Morgan fingerprint density at radius 3 is 1.35 bits per heavy atom. The van der Waals surface area contributed by atoms with E-state index in [1.54, 1.807) is 64.1 Å². The van der Waals surface area contributed by atoms with Crippen molar-refractivity contribution in [3.8, 4) is 23.0 Å². The van der Waals surface area contributed by atoms with Crippen molar-refractivity contribution in [1.29, 1.82) is 0 Å². The molecule has 0 bridgehead atoms. The minimum Gasteiger partial charge on any atom is -0.497 e. The van der Waals surface area contributed by atoms with Crippen LogP contribution < -0.4 is 30.4 Å². The highest BCUT2D eigenvalue weighted by molar-refractivity contribution is 6.08. The maximum absolute atomic E-state index is 13.6. The van der Waals surface area contributed by atoms with Gasteiger partial charge in [0.25, 0.3) is 0 Å². The van der Waals surface area contributed by atoms with E-state index >= 15 is 0 Å². The van der Waals surface area contributed by atoms with Gasteiger partial charge < -0.3 is 39.9 Å². The van der Waals surface area contributed by atoms with Crippen molar-refractivity contribution in [2.75, 3.05) is 39.9 Å². The number of hydrogen-bond acceptors (Lipinski definition) is 10. The Morgan fingerprint density at radius 1 is 0.600 bits per heavy atom. The SMILES string of the molecule is COc1cc(OC)cc(C(C)(C)OC(=O)c2ccc(N)c(N)c2C(=O)OC(C)(C)c2cc(OC)cc(OC)c2)c1. The maximum atomic E-state index is 13.6. The van der Waals surface area contributed by atoms with Crippen molar-refractivity contribution < 1.29 is 38.0 Å². The van der Waals surface area contributed by atoms with Gasteiger partial charge in [-0.2, -0.15) is 0 Å². The molecular formula is C30H36N2O8. The van der Waals surface area contributed by atoms with Gasteiger partial charge in [-0.15, -0.1) is 0 Å². The van der Waals surface area contributed by atoms with E-state index in [9.17, 15) is 9.59 Å². The van der Waals surface area contributed by atoms with Gasteiger partial charge in [0.05, 0.1) is 50.9 Å². The fourth-order valence-electron chi connectivity index (χ4n) is 4.02. The molecule has 0 unspecified atom stereocenters. The zero-order valence-electron chi connectivity index (χ0n) is 24.0. The Hall–Kier alpha value is -4.60. The Balaban J connectivity index is 1.98. The molecule has 0 aromatic heterocycles. The third-order valence-corrected chi connectivity index (χ3v) is 6.49. The van der Waals surface area contributed by atoms with Crippen LogP contribution in [0.2, 0.25) is 0 Å². The summed E-state index contributed by atoms with van der Waals surface area (Å²) >= 11 is 0. The average molecular weight is 553 g/mol. The molecule has 3 aromatic carbocycles. The predicted octanol–water partition coefficient (Wildman–Crippen LogP) is 5.07. The van der Waals surface area contributed by atoms with Crippen LogP contribution in [0.3, 0.4) is 0 Å². The number of benzene rings is 3. The third kappa shape index (κ3) is 6.33. The average Bonchev–Trinajstić information content (AvgIpc) is 2.92. The van der Waals surface area contributed by atoms with E-state index in [-0.39, 0.29) is 22.5 Å². The second kappa shape index (κ2) is 11.6. The van der Waals surface area contributed by atoms with Crippen LogP contribution in [0.4, 0.5) is 11.4 Å². The van der Waals surface area contributed by atoms with E-state index in [2.05, 4.69) is 0 Å². The summed E-state index contributed by atoms with van der Waals surface area (Å²) in [6.07, 6.45) is 0. The molecule has 10 heteroatoms. The molecule has 0 saturated heterocycles. The molecule has 0 amide bonds. The second-order valence-electron chi connectivity index (χ2n) is 9.99. The van der Waals surface area contributed by atoms with Gasteiger partial charge in [-0.1, -0.05) is 0 Å². The first kappa shape index (κ1) is 29.9. The molecule has 10 nitrogen and oxygen atoms in total. The molecule has 0 spiro atoms. The van der Waals surface area contributed by atoms with Crippen LogP contribution in [-0.4, -0.2) is 40.4 Å². The molecule has 0 aliphatic carbocycles. The minimum absolute atomic E-state index is 0.0978. The van der Waals surface area contributed by atoms with Crippen LogP contribution in [0.1, 0.15) is 59.5 Å². The van der Waals surface area contributed by atoms with Crippen LogP contribution in [0.15, 0.2) is 48.5 Å². The fourth-order valence-corrected chi connectivity index (χ4v) is 4.02. The van der Waals surface area contributed by atoms with Gasteiger partial charge in [0.2, 0.25) is 0 Å². The molecule has 0 aliphatic heterocycles. The van der Waals surface area contributed by atoms with Crippen molar-refractivity contribution in [3.05, 3.63) is 70.8 Å². The van der Waals surface area contributed by atoms with Crippen LogP contribution in [0, 0.1) is 0 Å². The summed E-state index contributed by atoms with van der Waals surface area (Å²) in [5.41, 5.74) is 10.8. The molecule has 0 heterocycles. The molecular weight excluding hydrogens is 516 g/mol. The van der Waals surface area contributed by atoms with E-state index in [1.165, 1.54) is 40.6 Å². The summed E-state index contributed by atoms with van der Waals surface area (Å²) in [4.78, 5) is 27.1. The van der Waals surface area contributed by atoms with Gasteiger partial charge in [0, 0.05) is 23.3 Å². The number of carbonyl (C=O) groups is 2.